The molecule has 0 aliphatic heterocycles. The van der Waals surface area contributed by atoms with Gasteiger partial charge in [-0.15, -0.1) is 0 Å². The van der Waals surface area contributed by atoms with Crippen LogP contribution in [0, 0.1) is 0 Å². The van der Waals surface area contributed by atoms with E-state index in [1.165, 1.54) is 38.3 Å². The van der Waals surface area contributed by atoms with Crippen LogP contribution in [0.1, 0.15) is 31.1 Å². The van der Waals surface area contributed by atoms with Crippen LogP contribution in [0.3, 0.4) is 0 Å². The standard InChI is InChI=1S/C19H22N2O5S/c1-12(2)27(24,25)16-8-5-14(6-9-16)19(23)21-18-11-15(26-4)7-10-17(18)20-13(3)22/h5-12H,1-4H3,(H,20,22)(H,21,23). The maximum atomic E-state index is 12.5. The van der Waals surface area contributed by atoms with Gasteiger partial charge in [0.25, 0.3) is 5.91 Å². The Morgan fingerprint density at radius 3 is 2.11 bits per heavy atom. The Kier molecular flexibility index (Phi) is 6.22. The normalized spacial score (nSPS) is 11.1. The molecule has 144 valence electrons. The summed E-state index contributed by atoms with van der Waals surface area (Å²) in [6.45, 7) is 4.56. The van der Waals surface area contributed by atoms with Crippen molar-refractivity contribution in [3.63, 3.8) is 0 Å². The molecule has 0 aromatic heterocycles. The average molecular weight is 390 g/mol. The van der Waals surface area contributed by atoms with Crippen LogP contribution in [0.4, 0.5) is 11.4 Å². The number of sulfone groups is 1. The van der Waals surface area contributed by atoms with E-state index < -0.39 is 21.0 Å². The first-order chi connectivity index (χ1) is 12.6. The molecular formula is C19H22N2O5S. The summed E-state index contributed by atoms with van der Waals surface area (Å²) < 4.78 is 29.5. The van der Waals surface area contributed by atoms with Gasteiger partial charge < -0.3 is 15.4 Å². The highest BCUT2D eigenvalue weighted by Gasteiger charge is 2.19. The van der Waals surface area contributed by atoms with Crippen LogP contribution in [0.2, 0.25) is 0 Å². The molecule has 2 amide bonds. The maximum Gasteiger partial charge on any atom is 0.255 e. The molecule has 0 atom stereocenters. The fourth-order valence-electron chi connectivity index (χ4n) is 2.32. The number of rotatable bonds is 6. The molecule has 0 spiro atoms. The number of methoxy groups -OCH3 is 1. The van der Waals surface area contributed by atoms with Crippen LogP contribution in [0.25, 0.3) is 0 Å². The zero-order valence-corrected chi connectivity index (χ0v) is 16.4. The number of anilines is 2. The molecule has 0 heterocycles. The second-order valence-corrected chi connectivity index (χ2v) is 8.67. The molecule has 8 heteroatoms. The Labute approximate surface area is 158 Å². The van der Waals surface area contributed by atoms with E-state index in [1.54, 1.807) is 32.0 Å². The minimum absolute atomic E-state index is 0.161. The molecule has 2 aromatic rings. The fourth-order valence-corrected chi connectivity index (χ4v) is 3.37. The first-order valence-corrected chi connectivity index (χ1v) is 9.80. The van der Waals surface area contributed by atoms with Crippen molar-refractivity contribution in [2.75, 3.05) is 17.7 Å². The third-order valence-electron chi connectivity index (χ3n) is 3.85. The van der Waals surface area contributed by atoms with Crippen molar-refractivity contribution in [1.29, 1.82) is 0 Å². The number of nitrogens with one attached hydrogen (secondary N) is 2. The molecule has 0 aliphatic carbocycles. The van der Waals surface area contributed by atoms with Gasteiger partial charge in [-0.1, -0.05) is 0 Å². The van der Waals surface area contributed by atoms with E-state index in [1.807, 2.05) is 0 Å². The van der Waals surface area contributed by atoms with Gasteiger partial charge in [0.2, 0.25) is 5.91 Å². The second-order valence-electron chi connectivity index (χ2n) is 6.16. The van der Waals surface area contributed by atoms with Gasteiger partial charge >= 0.3 is 0 Å². The van der Waals surface area contributed by atoms with Crippen LogP contribution in [-0.4, -0.2) is 32.6 Å². The summed E-state index contributed by atoms with van der Waals surface area (Å²) in [6.07, 6.45) is 0. The van der Waals surface area contributed by atoms with Gasteiger partial charge in [0, 0.05) is 18.6 Å². The summed E-state index contributed by atoms with van der Waals surface area (Å²) in [4.78, 5) is 24.0. The second kappa shape index (κ2) is 8.22. The van der Waals surface area contributed by atoms with Gasteiger partial charge in [0.1, 0.15) is 5.75 Å². The van der Waals surface area contributed by atoms with Crippen LogP contribution in [0.15, 0.2) is 47.4 Å². The van der Waals surface area contributed by atoms with E-state index in [9.17, 15) is 18.0 Å². The van der Waals surface area contributed by atoms with Crippen LogP contribution in [-0.2, 0) is 14.6 Å². The predicted molar refractivity (Wildman–Crippen MR) is 104 cm³/mol. The van der Waals surface area contributed by atoms with Crippen molar-refractivity contribution in [2.24, 2.45) is 0 Å². The highest BCUT2D eigenvalue weighted by Crippen LogP contribution is 2.28. The highest BCUT2D eigenvalue weighted by atomic mass is 32.2. The lowest BCUT2D eigenvalue weighted by Crippen LogP contribution is -2.16. The van der Waals surface area contributed by atoms with Gasteiger partial charge in [0.05, 0.1) is 28.6 Å². The summed E-state index contributed by atoms with van der Waals surface area (Å²) in [7, 11) is -1.91. The number of hydrogen-bond acceptors (Lipinski definition) is 5. The monoisotopic (exact) mass is 390 g/mol. The molecule has 2 aromatic carbocycles. The van der Waals surface area contributed by atoms with Crippen LogP contribution >= 0.6 is 0 Å². The Balaban J connectivity index is 2.28. The Morgan fingerprint density at radius 2 is 1.59 bits per heavy atom. The molecule has 0 saturated heterocycles. The van der Waals surface area contributed by atoms with Crippen molar-refractivity contribution < 1.29 is 22.7 Å². The maximum absolute atomic E-state index is 12.5. The average Bonchev–Trinajstić information content (AvgIpc) is 2.62. The summed E-state index contributed by atoms with van der Waals surface area (Å²) in [6, 6.07) is 10.6. The van der Waals surface area contributed by atoms with E-state index in [0.717, 1.165) is 0 Å². The van der Waals surface area contributed by atoms with Gasteiger partial charge in [-0.25, -0.2) is 8.42 Å². The molecule has 0 fully saturated rings. The summed E-state index contributed by atoms with van der Waals surface area (Å²) in [5.41, 5.74) is 1.08. The molecule has 0 aliphatic rings. The number of benzene rings is 2. The van der Waals surface area contributed by atoms with E-state index in [0.29, 0.717) is 17.1 Å². The van der Waals surface area contributed by atoms with E-state index in [2.05, 4.69) is 10.6 Å². The fraction of sp³-hybridized carbons (Fsp3) is 0.263. The number of hydrogen-bond donors (Lipinski definition) is 2. The Morgan fingerprint density at radius 1 is 0.963 bits per heavy atom. The summed E-state index contributed by atoms with van der Waals surface area (Å²) in [5, 5.41) is 4.79. The first-order valence-electron chi connectivity index (χ1n) is 8.26. The lowest BCUT2D eigenvalue weighted by Gasteiger charge is -2.13. The summed E-state index contributed by atoms with van der Waals surface area (Å²) in [5.74, 6) is -0.208. The zero-order valence-electron chi connectivity index (χ0n) is 15.6. The van der Waals surface area contributed by atoms with Gasteiger partial charge in [-0.3, -0.25) is 9.59 Å². The molecule has 0 radical (unpaired) electrons. The van der Waals surface area contributed by atoms with Crippen molar-refractivity contribution in [2.45, 2.75) is 30.9 Å². The van der Waals surface area contributed by atoms with E-state index in [4.69, 9.17) is 4.74 Å². The lowest BCUT2D eigenvalue weighted by molar-refractivity contribution is -0.114. The minimum Gasteiger partial charge on any atom is -0.497 e. The highest BCUT2D eigenvalue weighted by molar-refractivity contribution is 7.92. The molecule has 7 nitrogen and oxygen atoms in total. The van der Waals surface area contributed by atoms with E-state index in [-0.39, 0.29) is 16.4 Å². The van der Waals surface area contributed by atoms with Gasteiger partial charge in [0.15, 0.2) is 9.84 Å². The largest absolute Gasteiger partial charge is 0.497 e. The van der Waals surface area contributed by atoms with Crippen molar-refractivity contribution in [1.82, 2.24) is 0 Å². The Bertz CT molecular complexity index is 951. The number of ether oxygens (including phenoxy) is 1. The Hall–Kier alpha value is -2.87. The predicted octanol–water partition coefficient (Wildman–Crippen LogP) is 3.09. The molecule has 0 saturated carbocycles. The number of amides is 2. The summed E-state index contributed by atoms with van der Waals surface area (Å²) >= 11 is 0. The molecule has 0 bridgehead atoms. The molecule has 0 unspecified atom stereocenters. The van der Waals surface area contributed by atoms with Crippen molar-refractivity contribution in [3.05, 3.63) is 48.0 Å². The minimum atomic E-state index is -3.40. The molecule has 2 rings (SSSR count). The third-order valence-corrected chi connectivity index (χ3v) is 6.02. The number of carbonyl (C=O) groups excluding carboxylic acids is 2. The van der Waals surface area contributed by atoms with Gasteiger partial charge in [-0.05, 0) is 50.2 Å². The van der Waals surface area contributed by atoms with Crippen molar-refractivity contribution in [3.8, 4) is 5.75 Å². The number of carbonyl (C=O) groups is 2. The van der Waals surface area contributed by atoms with Crippen LogP contribution in [0.5, 0.6) is 5.75 Å². The third kappa shape index (κ3) is 4.85. The zero-order chi connectivity index (χ0) is 20.2. The van der Waals surface area contributed by atoms with Crippen LogP contribution < -0.4 is 15.4 Å². The molecule has 2 N–H and O–H groups in total. The quantitative estimate of drug-likeness (QED) is 0.789. The molecule has 27 heavy (non-hydrogen) atoms. The first kappa shape index (κ1) is 20.4. The van der Waals surface area contributed by atoms with E-state index >= 15 is 0 Å². The smallest absolute Gasteiger partial charge is 0.255 e. The van der Waals surface area contributed by atoms with Crippen molar-refractivity contribution >= 4 is 33.0 Å². The molecular weight excluding hydrogens is 368 g/mol. The lowest BCUT2D eigenvalue weighted by atomic mass is 10.2. The topological polar surface area (TPSA) is 102 Å². The van der Waals surface area contributed by atoms with Gasteiger partial charge in [-0.2, -0.15) is 0 Å². The SMILES string of the molecule is COc1ccc(NC(C)=O)c(NC(=O)c2ccc(S(=O)(=O)C(C)C)cc2)c1.